The van der Waals surface area contributed by atoms with Crippen LogP contribution in [0.15, 0.2) is 35.3 Å². The summed E-state index contributed by atoms with van der Waals surface area (Å²) in [5.41, 5.74) is 12.4. The van der Waals surface area contributed by atoms with Crippen molar-refractivity contribution >= 4 is 18.1 Å². The molecule has 0 unspecified atom stereocenters. The number of hydrogen-bond acceptors (Lipinski definition) is 4. The van der Waals surface area contributed by atoms with Gasteiger partial charge in [-0.3, -0.25) is 14.4 Å². The minimum absolute atomic E-state index is 0.0618. The topological polar surface area (TPSA) is 125 Å². The smallest absolute Gasteiger partial charge is 0.264 e. The van der Waals surface area contributed by atoms with Crippen molar-refractivity contribution in [2.45, 2.75) is 32.2 Å². The van der Waals surface area contributed by atoms with Crippen molar-refractivity contribution in [1.82, 2.24) is 4.57 Å². The van der Waals surface area contributed by atoms with E-state index in [1.54, 1.807) is 18.2 Å². The molecule has 1 fully saturated rings. The lowest BCUT2D eigenvalue weighted by Crippen LogP contribution is -2.34. The molecule has 0 aliphatic heterocycles. The number of pyridine rings is 1. The molecule has 4 N–H and O–H groups in total. The third-order valence-electron chi connectivity index (χ3n) is 4.97. The van der Waals surface area contributed by atoms with E-state index in [2.05, 4.69) is 0 Å². The molecule has 7 nitrogen and oxygen atoms in total. The molecule has 0 bridgehead atoms. The predicted octanol–water partition coefficient (Wildman–Crippen LogP) is 0.959. The fourth-order valence-electron chi connectivity index (χ4n) is 3.49. The molecule has 140 valence electrons. The van der Waals surface area contributed by atoms with Gasteiger partial charge >= 0.3 is 0 Å². The first-order valence-corrected chi connectivity index (χ1v) is 8.71. The SMILES string of the molecule is C[C@H]1C[C@@H]1c1c(C(N)=O)cn(Cc2cccc(CC=O)c2)c(=O)c1C(N)=O. The van der Waals surface area contributed by atoms with Crippen molar-refractivity contribution < 1.29 is 14.4 Å². The Labute approximate surface area is 156 Å². The van der Waals surface area contributed by atoms with Crippen LogP contribution in [0.3, 0.4) is 0 Å². The number of rotatable bonds is 7. The zero-order chi connectivity index (χ0) is 19.7. The molecule has 7 heteroatoms. The number of carbonyl (C=O) groups is 3. The first-order chi connectivity index (χ1) is 12.8. The fraction of sp³-hybridized carbons (Fsp3) is 0.300. The molecule has 1 saturated carbocycles. The lowest BCUT2D eigenvalue weighted by atomic mass is 9.97. The lowest BCUT2D eigenvalue weighted by molar-refractivity contribution is -0.107. The molecular formula is C20H21N3O4. The Hall–Kier alpha value is -3.22. The number of nitrogens with zero attached hydrogens (tertiary/aromatic N) is 1. The number of amides is 2. The molecule has 1 aliphatic carbocycles. The summed E-state index contributed by atoms with van der Waals surface area (Å²) in [5, 5.41) is 0. The summed E-state index contributed by atoms with van der Waals surface area (Å²) in [6.07, 6.45) is 3.25. The van der Waals surface area contributed by atoms with E-state index in [0.29, 0.717) is 5.56 Å². The van der Waals surface area contributed by atoms with E-state index in [0.717, 1.165) is 23.8 Å². The summed E-state index contributed by atoms with van der Waals surface area (Å²) in [4.78, 5) is 47.7. The minimum Gasteiger partial charge on any atom is -0.366 e. The lowest BCUT2D eigenvalue weighted by Gasteiger charge is -2.15. The third-order valence-corrected chi connectivity index (χ3v) is 4.97. The van der Waals surface area contributed by atoms with Gasteiger partial charge in [0.1, 0.15) is 11.8 Å². The van der Waals surface area contributed by atoms with Crippen LogP contribution in [0.25, 0.3) is 0 Å². The van der Waals surface area contributed by atoms with Gasteiger partial charge in [0.25, 0.3) is 17.4 Å². The Morgan fingerprint density at radius 1 is 1.22 bits per heavy atom. The summed E-state index contributed by atoms with van der Waals surface area (Å²) in [6, 6.07) is 7.18. The quantitative estimate of drug-likeness (QED) is 0.707. The van der Waals surface area contributed by atoms with Gasteiger partial charge < -0.3 is 20.8 Å². The van der Waals surface area contributed by atoms with Crippen LogP contribution in [0.4, 0.5) is 0 Å². The molecule has 1 heterocycles. The number of nitrogens with two attached hydrogens (primary N) is 2. The monoisotopic (exact) mass is 367 g/mol. The van der Waals surface area contributed by atoms with Gasteiger partial charge in [-0.1, -0.05) is 31.2 Å². The summed E-state index contributed by atoms with van der Waals surface area (Å²) in [7, 11) is 0. The van der Waals surface area contributed by atoms with Crippen LogP contribution in [0.2, 0.25) is 0 Å². The Bertz CT molecular complexity index is 993. The second-order valence-electron chi connectivity index (χ2n) is 7.00. The van der Waals surface area contributed by atoms with Crippen LogP contribution in [-0.4, -0.2) is 22.7 Å². The van der Waals surface area contributed by atoms with E-state index in [1.165, 1.54) is 10.8 Å². The molecule has 0 spiro atoms. The van der Waals surface area contributed by atoms with Gasteiger partial charge in [-0.2, -0.15) is 0 Å². The maximum absolute atomic E-state index is 12.9. The number of benzene rings is 1. The summed E-state index contributed by atoms with van der Waals surface area (Å²) >= 11 is 0. The Balaban J connectivity index is 2.12. The van der Waals surface area contributed by atoms with Gasteiger partial charge in [-0.05, 0) is 34.9 Å². The minimum atomic E-state index is -0.861. The molecule has 0 saturated heterocycles. The van der Waals surface area contributed by atoms with E-state index in [1.807, 2.05) is 13.0 Å². The van der Waals surface area contributed by atoms with Crippen LogP contribution in [-0.2, 0) is 17.8 Å². The van der Waals surface area contributed by atoms with Crippen molar-refractivity contribution in [3.05, 3.63) is 68.6 Å². The standard InChI is InChI=1S/C20H21N3O4/c1-11-7-14(11)16-15(18(21)25)10-23(20(27)17(16)19(22)26)9-13-4-2-3-12(8-13)5-6-24/h2-4,6,8,10-11,14H,5,7,9H2,1H3,(H2,21,25)(H2,22,26)/t11-,14-/m0/s1. The van der Waals surface area contributed by atoms with Gasteiger partial charge in [-0.25, -0.2) is 0 Å². The fourth-order valence-corrected chi connectivity index (χ4v) is 3.49. The van der Waals surface area contributed by atoms with Crippen molar-refractivity contribution in [3.8, 4) is 0 Å². The molecule has 2 atom stereocenters. The maximum Gasteiger partial charge on any atom is 0.264 e. The number of carbonyl (C=O) groups excluding carboxylic acids is 3. The van der Waals surface area contributed by atoms with E-state index >= 15 is 0 Å². The molecule has 2 aromatic rings. The van der Waals surface area contributed by atoms with Gasteiger partial charge in [-0.15, -0.1) is 0 Å². The molecule has 1 aromatic heterocycles. The molecular weight excluding hydrogens is 346 g/mol. The van der Waals surface area contributed by atoms with Crippen molar-refractivity contribution in [3.63, 3.8) is 0 Å². The van der Waals surface area contributed by atoms with Crippen LogP contribution in [0, 0.1) is 5.92 Å². The Morgan fingerprint density at radius 2 is 1.89 bits per heavy atom. The molecule has 27 heavy (non-hydrogen) atoms. The van der Waals surface area contributed by atoms with Crippen LogP contribution >= 0.6 is 0 Å². The van der Waals surface area contributed by atoms with Crippen molar-refractivity contribution in [1.29, 1.82) is 0 Å². The van der Waals surface area contributed by atoms with Gasteiger partial charge in [0.15, 0.2) is 0 Å². The molecule has 3 rings (SSSR count). The van der Waals surface area contributed by atoms with Crippen LogP contribution in [0.5, 0.6) is 0 Å². The van der Waals surface area contributed by atoms with E-state index in [-0.39, 0.29) is 35.9 Å². The highest BCUT2D eigenvalue weighted by Gasteiger charge is 2.40. The van der Waals surface area contributed by atoms with Crippen molar-refractivity contribution in [2.75, 3.05) is 0 Å². The molecule has 0 radical (unpaired) electrons. The van der Waals surface area contributed by atoms with Crippen LogP contribution in [0.1, 0.15) is 56.7 Å². The largest absolute Gasteiger partial charge is 0.366 e. The highest BCUT2D eigenvalue weighted by atomic mass is 16.2. The highest BCUT2D eigenvalue weighted by molar-refractivity contribution is 6.01. The van der Waals surface area contributed by atoms with E-state index < -0.39 is 17.4 Å². The average molecular weight is 367 g/mol. The zero-order valence-electron chi connectivity index (χ0n) is 15.0. The first kappa shape index (κ1) is 18.6. The first-order valence-electron chi connectivity index (χ1n) is 8.71. The molecule has 2 amide bonds. The maximum atomic E-state index is 12.9. The summed E-state index contributed by atoms with van der Waals surface area (Å²) in [6.45, 7) is 2.11. The second-order valence-corrected chi connectivity index (χ2v) is 7.00. The average Bonchev–Trinajstić information content (AvgIpc) is 3.32. The number of primary amides is 2. The van der Waals surface area contributed by atoms with Crippen LogP contribution < -0.4 is 17.0 Å². The number of hydrogen-bond donors (Lipinski definition) is 2. The summed E-state index contributed by atoms with van der Waals surface area (Å²) < 4.78 is 1.27. The zero-order valence-corrected chi connectivity index (χ0v) is 15.0. The third kappa shape index (κ3) is 3.67. The molecule has 1 aliphatic rings. The highest BCUT2D eigenvalue weighted by Crippen LogP contribution is 2.48. The Morgan fingerprint density at radius 3 is 2.44 bits per heavy atom. The van der Waals surface area contributed by atoms with Gasteiger partial charge in [0.2, 0.25) is 0 Å². The van der Waals surface area contributed by atoms with Crippen molar-refractivity contribution in [2.24, 2.45) is 17.4 Å². The van der Waals surface area contributed by atoms with Gasteiger partial charge in [0.05, 0.1) is 12.1 Å². The van der Waals surface area contributed by atoms with Gasteiger partial charge in [0, 0.05) is 12.6 Å². The molecule has 1 aromatic carbocycles. The Kier molecular flexibility index (Phi) is 4.94. The number of aromatic nitrogens is 1. The summed E-state index contributed by atoms with van der Waals surface area (Å²) in [5.74, 6) is -1.36. The normalized spacial score (nSPS) is 18.1. The predicted molar refractivity (Wildman–Crippen MR) is 99.6 cm³/mol. The number of aldehydes is 1. The second kappa shape index (κ2) is 7.19. The van der Waals surface area contributed by atoms with E-state index in [9.17, 15) is 19.2 Å². The van der Waals surface area contributed by atoms with E-state index in [4.69, 9.17) is 11.5 Å².